The summed E-state index contributed by atoms with van der Waals surface area (Å²) in [5.41, 5.74) is 1.38. The third-order valence-corrected chi connectivity index (χ3v) is 4.25. The Morgan fingerprint density at radius 3 is 2.29 bits per heavy atom. The predicted molar refractivity (Wildman–Crippen MR) is 102 cm³/mol. The highest BCUT2D eigenvalue weighted by atomic mass is 16.5. The van der Waals surface area contributed by atoms with E-state index in [1.54, 1.807) is 19.2 Å². The summed E-state index contributed by atoms with van der Waals surface area (Å²) >= 11 is 0. The van der Waals surface area contributed by atoms with E-state index in [1.807, 2.05) is 30.3 Å². The van der Waals surface area contributed by atoms with Crippen molar-refractivity contribution in [3.8, 4) is 17.2 Å². The molecule has 0 saturated heterocycles. The van der Waals surface area contributed by atoms with E-state index < -0.39 is 5.92 Å². The Labute approximate surface area is 162 Å². The largest absolute Gasteiger partial charge is 0.496 e. The number of anilines is 1. The summed E-state index contributed by atoms with van der Waals surface area (Å²) in [6.07, 6.45) is 0.421. The SMILES string of the molecule is COc1cc(OC)c(NC(=O)C(Cc2ccccc2)c2nnn[nH]2)c(OC)c1. The van der Waals surface area contributed by atoms with E-state index >= 15 is 0 Å². The van der Waals surface area contributed by atoms with E-state index in [0.29, 0.717) is 35.2 Å². The normalized spacial score (nSPS) is 11.5. The lowest BCUT2D eigenvalue weighted by Crippen LogP contribution is -2.24. The second-order valence-electron chi connectivity index (χ2n) is 5.92. The Hall–Kier alpha value is -3.62. The minimum absolute atomic E-state index is 0.302. The molecule has 0 aliphatic carbocycles. The molecular weight excluding hydrogens is 362 g/mol. The summed E-state index contributed by atoms with van der Waals surface area (Å²) in [5.74, 6) is 0.815. The van der Waals surface area contributed by atoms with Gasteiger partial charge < -0.3 is 19.5 Å². The number of aromatic nitrogens is 4. The number of methoxy groups -OCH3 is 3. The number of aromatic amines is 1. The van der Waals surface area contributed by atoms with Crippen molar-refractivity contribution in [2.45, 2.75) is 12.3 Å². The number of rotatable bonds is 8. The van der Waals surface area contributed by atoms with Gasteiger partial charge in [0.2, 0.25) is 5.91 Å². The van der Waals surface area contributed by atoms with Crippen LogP contribution in [0.15, 0.2) is 42.5 Å². The molecule has 146 valence electrons. The summed E-state index contributed by atoms with van der Waals surface area (Å²) in [6, 6.07) is 13.0. The average Bonchev–Trinajstić information content (AvgIpc) is 3.27. The second kappa shape index (κ2) is 8.85. The smallest absolute Gasteiger partial charge is 0.235 e. The van der Waals surface area contributed by atoms with Crippen LogP contribution in [0.3, 0.4) is 0 Å². The first kappa shape index (κ1) is 19.2. The number of tetrazole rings is 1. The number of ether oxygens (including phenoxy) is 3. The Morgan fingerprint density at radius 1 is 1.07 bits per heavy atom. The van der Waals surface area contributed by atoms with Gasteiger partial charge in [0.1, 0.15) is 28.9 Å². The van der Waals surface area contributed by atoms with Gasteiger partial charge in [-0.15, -0.1) is 5.10 Å². The molecule has 1 aromatic heterocycles. The quantitative estimate of drug-likeness (QED) is 0.613. The maximum absolute atomic E-state index is 13.1. The lowest BCUT2D eigenvalue weighted by atomic mass is 9.97. The molecule has 0 fully saturated rings. The van der Waals surface area contributed by atoms with Crippen LogP contribution in [0.1, 0.15) is 17.3 Å². The number of nitrogens with one attached hydrogen (secondary N) is 2. The number of carbonyl (C=O) groups is 1. The van der Waals surface area contributed by atoms with Gasteiger partial charge in [-0.2, -0.15) is 0 Å². The van der Waals surface area contributed by atoms with Crippen molar-refractivity contribution in [1.82, 2.24) is 20.6 Å². The van der Waals surface area contributed by atoms with Crippen LogP contribution in [-0.4, -0.2) is 47.9 Å². The zero-order valence-electron chi connectivity index (χ0n) is 15.8. The van der Waals surface area contributed by atoms with E-state index in [2.05, 4.69) is 25.9 Å². The van der Waals surface area contributed by atoms with Crippen LogP contribution in [-0.2, 0) is 11.2 Å². The van der Waals surface area contributed by atoms with Crippen molar-refractivity contribution >= 4 is 11.6 Å². The monoisotopic (exact) mass is 383 g/mol. The van der Waals surface area contributed by atoms with Crippen LogP contribution in [0.4, 0.5) is 5.69 Å². The fourth-order valence-corrected chi connectivity index (χ4v) is 2.82. The van der Waals surface area contributed by atoms with Crippen LogP contribution in [0.2, 0.25) is 0 Å². The molecule has 1 atom stereocenters. The van der Waals surface area contributed by atoms with Crippen molar-refractivity contribution < 1.29 is 19.0 Å². The number of hydrogen-bond acceptors (Lipinski definition) is 7. The standard InChI is InChI=1S/C19H21N5O4/c1-26-13-10-15(27-2)17(16(11-13)28-3)20-19(25)14(18-21-23-24-22-18)9-12-7-5-4-6-8-12/h4-8,10-11,14H,9H2,1-3H3,(H,20,25)(H,21,22,23,24). The van der Waals surface area contributed by atoms with Crippen LogP contribution in [0.5, 0.6) is 17.2 Å². The summed E-state index contributed by atoms with van der Waals surface area (Å²) in [7, 11) is 4.55. The number of nitrogens with zero attached hydrogens (tertiary/aromatic N) is 3. The maximum Gasteiger partial charge on any atom is 0.235 e. The molecule has 3 rings (SSSR count). The van der Waals surface area contributed by atoms with E-state index in [9.17, 15) is 4.79 Å². The number of H-pyrrole nitrogens is 1. The number of amides is 1. The topological polar surface area (TPSA) is 111 Å². The van der Waals surface area contributed by atoms with Crippen LogP contribution in [0.25, 0.3) is 0 Å². The number of carbonyl (C=O) groups excluding carboxylic acids is 1. The van der Waals surface area contributed by atoms with Gasteiger partial charge in [0, 0.05) is 12.1 Å². The van der Waals surface area contributed by atoms with E-state index in [1.165, 1.54) is 14.2 Å². The van der Waals surface area contributed by atoms with E-state index in [0.717, 1.165) is 5.56 Å². The first-order valence-corrected chi connectivity index (χ1v) is 8.54. The van der Waals surface area contributed by atoms with Crippen molar-refractivity contribution in [3.05, 3.63) is 53.9 Å². The third-order valence-electron chi connectivity index (χ3n) is 4.25. The first-order chi connectivity index (χ1) is 13.7. The summed E-state index contributed by atoms with van der Waals surface area (Å²) < 4.78 is 16.0. The van der Waals surface area contributed by atoms with Gasteiger partial charge in [0.25, 0.3) is 0 Å². The van der Waals surface area contributed by atoms with Gasteiger partial charge in [-0.1, -0.05) is 30.3 Å². The molecule has 1 unspecified atom stereocenters. The molecule has 2 aromatic carbocycles. The number of hydrogen-bond donors (Lipinski definition) is 2. The van der Waals surface area contributed by atoms with Gasteiger partial charge in [-0.25, -0.2) is 5.10 Å². The Morgan fingerprint density at radius 2 is 1.75 bits per heavy atom. The molecule has 0 saturated carbocycles. The molecule has 0 spiro atoms. The van der Waals surface area contributed by atoms with Crippen LogP contribution < -0.4 is 19.5 Å². The van der Waals surface area contributed by atoms with Crippen molar-refractivity contribution in [2.24, 2.45) is 0 Å². The van der Waals surface area contributed by atoms with Crippen molar-refractivity contribution in [2.75, 3.05) is 26.6 Å². The van der Waals surface area contributed by atoms with E-state index in [-0.39, 0.29) is 5.91 Å². The van der Waals surface area contributed by atoms with Crippen LogP contribution >= 0.6 is 0 Å². The molecule has 28 heavy (non-hydrogen) atoms. The third kappa shape index (κ3) is 4.20. The highest BCUT2D eigenvalue weighted by Gasteiger charge is 2.27. The Balaban J connectivity index is 1.92. The van der Waals surface area contributed by atoms with Crippen molar-refractivity contribution in [3.63, 3.8) is 0 Å². The lowest BCUT2D eigenvalue weighted by Gasteiger charge is -2.18. The summed E-state index contributed by atoms with van der Waals surface area (Å²) in [4.78, 5) is 13.1. The number of benzene rings is 2. The minimum Gasteiger partial charge on any atom is -0.496 e. The fraction of sp³-hybridized carbons (Fsp3) is 0.263. The second-order valence-corrected chi connectivity index (χ2v) is 5.92. The zero-order valence-corrected chi connectivity index (χ0v) is 15.8. The molecule has 0 aliphatic heterocycles. The molecule has 1 amide bonds. The maximum atomic E-state index is 13.1. The molecule has 0 aliphatic rings. The van der Waals surface area contributed by atoms with Crippen LogP contribution in [0, 0.1) is 0 Å². The molecule has 0 bridgehead atoms. The molecular formula is C19H21N5O4. The highest BCUT2D eigenvalue weighted by Crippen LogP contribution is 2.39. The lowest BCUT2D eigenvalue weighted by molar-refractivity contribution is -0.117. The minimum atomic E-state index is -0.631. The molecule has 3 aromatic rings. The molecule has 1 heterocycles. The van der Waals surface area contributed by atoms with Gasteiger partial charge in [-0.05, 0) is 22.4 Å². The summed E-state index contributed by atoms with van der Waals surface area (Å²) in [6.45, 7) is 0. The zero-order chi connectivity index (χ0) is 19.9. The average molecular weight is 383 g/mol. The Bertz CT molecular complexity index is 890. The van der Waals surface area contributed by atoms with Gasteiger partial charge in [0.15, 0.2) is 5.82 Å². The molecule has 9 heteroatoms. The first-order valence-electron chi connectivity index (χ1n) is 8.54. The highest BCUT2D eigenvalue weighted by molar-refractivity contribution is 5.98. The van der Waals surface area contributed by atoms with Gasteiger partial charge in [0.05, 0.1) is 21.3 Å². The fourth-order valence-electron chi connectivity index (χ4n) is 2.82. The predicted octanol–water partition coefficient (Wildman–Crippen LogP) is 2.19. The van der Waals surface area contributed by atoms with Gasteiger partial charge >= 0.3 is 0 Å². The van der Waals surface area contributed by atoms with Crippen molar-refractivity contribution in [1.29, 1.82) is 0 Å². The molecule has 2 N–H and O–H groups in total. The summed E-state index contributed by atoms with van der Waals surface area (Å²) in [5, 5.41) is 16.7. The van der Waals surface area contributed by atoms with Gasteiger partial charge in [-0.3, -0.25) is 4.79 Å². The molecule has 0 radical (unpaired) electrons. The van der Waals surface area contributed by atoms with E-state index in [4.69, 9.17) is 14.2 Å². The molecule has 9 nitrogen and oxygen atoms in total. The Kier molecular flexibility index (Phi) is 6.05.